The molecule has 1 unspecified atom stereocenters. The summed E-state index contributed by atoms with van der Waals surface area (Å²) < 4.78 is 10.7. The first-order valence-electron chi connectivity index (χ1n) is 8.17. The van der Waals surface area contributed by atoms with Gasteiger partial charge in [-0.1, -0.05) is 11.3 Å². The number of aromatic nitrogens is 1. The number of carbonyl (C=O) groups is 2. The van der Waals surface area contributed by atoms with E-state index in [0.29, 0.717) is 37.9 Å². The fourth-order valence-corrected chi connectivity index (χ4v) is 3.71. The van der Waals surface area contributed by atoms with Crippen molar-refractivity contribution < 1.29 is 19.1 Å². The molecule has 1 fully saturated rings. The molecule has 8 heteroatoms. The smallest absolute Gasteiger partial charge is 0.410 e. The first kappa shape index (κ1) is 17.2. The monoisotopic (exact) mass is 353 g/mol. The van der Waals surface area contributed by atoms with Gasteiger partial charge in [0.2, 0.25) is 5.91 Å². The highest BCUT2D eigenvalue weighted by molar-refractivity contribution is 7.15. The normalized spacial score (nSPS) is 20.6. The average molecular weight is 353 g/mol. The number of ether oxygens (including phenoxy) is 2. The molecule has 0 saturated carbocycles. The van der Waals surface area contributed by atoms with E-state index in [2.05, 4.69) is 10.3 Å². The van der Waals surface area contributed by atoms with Crippen molar-refractivity contribution in [2.45, 2.75) is 45.8 Å². The van der Waals surface area contributed by atoms with Gasteiger partial charge in [0.1, 0.15) is 5.60 Å². The van der Waals surface area contributed by atoms with Crippen molar-refractivity contribution in [3.05, 3.63) is 10.6 Å². The maximum atomic E-state index is 12.2. The SMILES string of the molecule is CC(C)(C)OC(=O)N1CCc2nc(NC(=O)C3CCOC3)sc2C1. The molecule has 1 aromatic heterocycles. The third-order valence-corrected chi connectivity index (χ3v) is 4.91. The predicted molar refractivity (Wildman–Crippen MR) is 90.0 cm³/mol. The van der Waals surface area contributed by atoms with Crippen LogP contribution in [0, 0.1) is 5.92 Å². The van der Waals surface area contributed by atoms with Crippen LogP contribution in [0.15, 0.2) is 0 Å². The lowest BCUT2D eigenvalue weighted by Crippen LogP contribution is -2.39. The van der Waals surface area contributed by atoms with Gasteiger partial charge in [-0.2, -0.15) is 0 Å². The van der Waals surface area contributed by atoms with Gasteiger partial charge < -0.3 is 19.7 Å². The van der Waals surface area contributed by atoms with E-state index in [9.17, 15) is 9.59 Å². The number of carbonyl (C=O) groups excluding carboxylic acids is 2. The van der Waals surface area contributed by atoms with Crippen LogP contribution < -0.4 is 5.32 Å². The number of nitrogens with one attached hydrogen (secondary N) is 1. The first-order valence-corrected chi connectivity index (χ1v) is 8.98. The largest absolute Gasteiger partial charge is 0.444 e. The molecule has 7 nitrogen and oxygen atoms in total. The lowest BCUT2D eigenvalue weighted by atomic mass is 10.1. The second kappa shape index (κ2) is 6.68. The summed E-state index contributed by atoms with van der Waals surface area (Å²) in [6.45, 7) is 7.73. The van der Waals surface area contributed by atoms with Crippen molar-refractivity contribution in [3.63, 3.8) is 0 Å². The van der Waals surface area contributed by atoms with Crippen LogP contribution in [0.25, 0.3) is 0 Å². The van der Waals surface area contributed by atoms with Crippen molar-refractivity contribution in [3.8, 4) is 0 Å². The van der Waals surface area contributed by atoms with Gasteiger partial charge in [0.15, 0.2) is 5.13 Å². The van der Waals surface area contributed by atoms with E-state index < -0.39 is 5.60 Å². The molecule has 3 heterocycles. The summed E-state index contributed by atoms with van der Waals surface area (Å²) in [5.41, 5.74) is 0.450. The molecule has 2 amide bonds. The summed E-state index contributed by atoms with van der Waals surface area (Å²) >= 11 is 1.43. The molecule has 24 heavy (non-hydrogen) atoms. The molecule has 2 aliphatic heterocycles. The number of rotatable bonds is 2. The number of hydrogen-bond donors (Lipinski definition) is 1. The molecule has 3 rings (SSSR count). The Hall–Kier alpha value is -1.67. The molecule has 1 atom stereocenters. The molecule has 1 saturated heterocycles. The predicted octanol–water partition coefficient (Wildman–Crippen LogP) is 2.41. The highest BCUT2D eigenvalue weighted by atomic mass is 32.1. The average Bonchev–Trinajstić information content (AvgIpc) is 3.13. The van der Waals surface area contributed by atoms with E-state index in [1.807, 2.05) is 20.8 Å². The zero-order valence-corrected chi connectivity index (χ0v) is 15.1. The Balaban J connectivity index is 1.62. The van der Waals surface area contributed by atoms with Gasteiger partial charge in [0, 0.05) is 24.4 Å². The van der Waals surface area contributed by atoms with Crippen LogP contribution in [0.5, 0.6) is 0 Å². The highest BCUT2D eigenvalue weighted by Crippen LogP contribution is 2.29. The van der Waals surface area contributed by atoms with Crippen LogP contribution in [0.2, 0.25) is 0 Å². The van der Waals surface area contributed by atoms with Gasteiger partial charge >= 0.3 is 6.09 Å². The Kier molecular flexibility index (Phi) is 4.78. The second-order valence-corrected chi connectivity index (χ2v) is 8.17. The van der Waals surface area contributed by atoms with Crippen LogP contribution in [-0.2, 0) is 27.2 Å². The number of nitrogens with zero attached hydrogens (tertiary/aromatic N) is 2. The Labute approximate surface area is 145 Å². The molecule has 0 aliphatic carbocycles. The Morgan fingerprint density at radius 3 is 2.88 bits per heavy atom. The van der Waals surface area contributed by atoms with E-state index in [4.69, 9.17) is 9.47 Å². The van der Waals surface area contributed by atoms with Gasteiger partial charge in [0.25, 0.3) is 0 Å². The number of anilines is 1. The summed E-state index contributed by atoms with van der Waals surface area (Å²) in [6.07, 6.45) is 1.12. The lowest BCUT2D eigenvalue weighted by molar-refractivity contribution is -0.119. The summed E-state index contributed by atoms with van der Waals surface area (Å²) in [6, 6.07) is 0. The van der Waals surface area contributed by atoms with Crippen molar-refractivity contribution >= 4 is 28.5 Å². The van der Waals surface area contributed by atoms with Gasteiger partial charge in [-0.15, -0.1) is 0 Å². The van der Waals surface area contributed by atoms with Crippen LogP contribution in [0.1, 0.15) is 37.8 Å². The quantitative estimate of drug-likeness (QED) is 0.883. The molecule has 1 N–H and O–H groups in total. The number of fused-ring (bicyclic) bond motifs is 1. The fourth-order valence-electron chi connectivity index (χ4n) is 2.68. The van der Waals surface area contributed by atoms with Gasteiger partial charge in [-0.3, -0.25) is 4.79 Å². The third kappa shape index (κ3) is 4.05. The summed E-state index contributed by atoms with van der Waals surface area (Å²) in [5, 5.41) is 3.48. The molecule has 2 aliphatic rings. The fraction of sp³-hybridized carbons (Fsp3) is 0.688. The maximum Gasteiger partial charge on any atom is 0.410 e. The minimum Gasteiger partial charge on any atom is -0.444 e. The topological polar surface area (TPSA) is 80.8 Å². The van der Waals surface area contributed by atoms with E-state index >= 15 is 0 Å². The minimum atomic E-state index is -0.506. The van der Waals surface area contributed by atoms with Crippen molar-refractivity contribution in [1.82, 2.24) is 9.88 Å². The zero-order chi connectivity index (χ0) is 17.3. The highest BCUT2D eigenvalue weighted by Gasteiger charge is 2.29. The van der Waals surface area contributed by atoms with Crippen LogP contribution >= 0.6 is 11.3 Å². The first-order chi connectivity index (χ1) is 11.3. The van der Waals surface area contributed by atoms with Crippen LogP contribution in [0.4, 0.5) is 9.93 Å². The Bertz CT molecular complexity index is 632. The molecule has 132 valence electrons. The van der Waals surface area contributed by atoms with E-state index in [-0.39, 0.29) is 17.9 Å². The summed E-state index contributed by atoms with van der Waals surface area (Å²) in [7, 11) is 0. The van der Waals surface area contributed by atoms with Crippen LogP contribution in [-0.4, -0.2) is 47.2 Å². The lowest BCUT2D eigenvalue weighted by Gasteiger charge is -2.29. The second-order valence-electron chi connectivity index (χ2n) is 7.09. The molecule has 0 radical (unpaired) electrons. The van der Waals surface area contributed by atoms with Crippen molar-refractivity contribution in [2.75, 3.05) is 25.1 Å². The molecule has 1 aromatic rings. The molecular formula is C16H23N3O4S. The number of amides is 2. The molecule has 0 spiro atoms. The van der Waals surface area contributed by atoms with Gasteiger partial charge in [0.05, 0.1) is 24.8 Å². The number of hydrogen-bond acceptors (Lipinski definition) is 6. The van der Waals surface area contributed by atoms with Crippen molar-refractivity contribution in [1.29, 1.82) is 0 Å². The van der Waals surface area contributed by atoms with Gasteiger partial charge in [-0.25, -0.2) is 9.78 Å². The van der Waals surface area contributed by atoms with Gasteiger partial charge in [-0.05, 0) is 27.2 Å². The number of thiazole rings is 1. The minimum absolute atomic E-state index is 0.0393. The molecular weight excluding hydrogens is 330 g/mol. The maximum absolute atomic E-state index is 12.2. The van der Waals surface area contributed by atoms with Crippen molar-refractivity contribution in [2.24, 2.45) is 5.92 Å². The van der Waals surface area contributed by atoms with E-state index in [0.717, 1.165) is 17.0 Å². The molecule has 0 bridgehead atoms. The summed E-state index contributed by atoms with van der Waals surface area (Å²) in [4.78, 5) is 31.5. The summed E-state index contributed by atoms with van der Waals surface area (Å²) in [5.74, 6) is -0.133. The molecule has 0 aromatic carbocycles. The third-order valence-electron chi connectivity index (χ3n) is 3.91. The van der Waals surface area contributed by atoms with E-state index in [1.54, 1.807) is 4.90 Å². The van der Waals surface area contributed by atoms with Crippen LogP contribution in [0.3, 0.4) is 0 Å². The zero-order valence-electron chi connectivity index (χ0n) is 14.3. The van der Waals surface area contributed by atoms with E-state index in [1.165, 1.54) is 11.3 Å². The Morgan fingerprint density at radius 1 is 1.42 bits per heavy atom. The standard InChI is InChI=1S/C16H23N3O4S/c1-16(2,3)23-15(21)19-6-4-11-12(8-19)24-14(17-11)18-13(20)10-5-7-22-9-10/h10H,4-9H2,1-3H3,(H,17,18,20). The Morgan fingerprint density at radius 2 is 2.21 bits per heavy atom.